The van der Waals surface area contributed by atoms with Gasteiger partial charge in [-0.05, 0) is 31.2 Å². The smallest absolute Gasteiger partial charge is 0.325 e. The molecule has 18 heavy (non-hydrogen) atoms. The summed E-state index contributed by atoms with van der Waals surface area (Å²) in [4.78, 5) is 22.9. The number of hydrogen-bond donors (Lipinski definition) is 2. The van der Waals surface area contributed by atoms with Crippen LogP contribution in [-0.4, -0.2) is 23.0 Å². The lowest BCUT2D eigenvalue weighted by atomic mass is 9.93. The minimum atomic E-state index is -1.01. The fourth-order valence-corrected chi connectivity index (χ4v) is 2.09. The highest BCUT2D eigenvalue weighted by Gasteiger charge is 2.37. The van der Waals surface area contributed by atoms with Gasteiger partial charge in [0.05, 0.1) is 5.92 Å². The highest BCUT2D eigenvalue weighted by molar-refractivity contribution is 5.88. The van der Waals surface area contributed by atoms with Crippen LogP contribution in [0.5, 0.6) is 0 Å². The molecule has 0 aromatic heterocycles. The topological polar surface area (TPSA) is 66.4 Å². The molecule has 0 aliphatic heterocycles. The number of carbonyl (C=O) groups is 2. The van der Waals surface area contributed by atoms with Crippen LogP contribution in [0.15, 0.2) is 30.3 Å². The third-order valence-electron chi connectivity index (χ3n) is 3.26. The lowest BCUT2D eigenvalue weighted by Crippen LogP contribution is -2.41. The average Bonchev–Trinajstić information content (AvgIpc) is 3.15. The Morgan fingerprint density at radius 1 is 1.28 bits per heavy atom. The SMILES string of the molecule is C[C@H](NC(=O)C(c1ccccc1)C1CC1)C(=O)O. The number of carboxylic acids is 1. The Bertz CT molecular complexity index is 440. The quantitative estimate of drug-likeness (QED) is 0.833. The van der Waals surface area contributed by atoms with Gasteiger partial charge < -0.3 is 10.4 Å². The van der Waals surface area contributed by atoms with Gasteiger partial charge in [0.1, 0.15) is 6.04 Å². The lowest BCUT2D eigenvalue weighted by Gasteiger charge is -2.18. The van der Waals surface area contributed by atoms with Crippen LogP contribution in [0.1, 0.15) is 31.2 Å². The molecular formula is C14H17NO3. The van der Waals surface area contributed by atoms with Gasteiger partial charge in [-0.3, -0.25) is 9.59 Å². The zero-order valence-corrected chi connectivity index (χ0v) is 10.3. The van der Waals surface area contributed by atoms with Crippen molar-refractivity contribution < 1.29 is 14.7 Å². The van der Waals surface area contributed by atoms with E-state index in [-0.39, 0.29) is 11.8 Å². The van der Waals surface area contributed by atoms with Gasteiger partial charge in [-0.25, -0.2) is 0 Å². The van der Waals surface area contributed by atoms with E-state index in [4.69, 9.17) is 5.11 Å². The van der Waals surface area contributed by atoms with Crippen LogP contribution < -0.4 is 5.32 Å². The molecular weight excluding hydrogens is 230 g/mol. The van der Waals surface area contributed by atoms with Crippen LogP contribution in [0.4, 0.5) is 0 Å². The van der Waals surface area contributed by atoms with Crippen molar-refractivity contribution in [3.05, 3.63) is 35.9 Å². The van der Waals surface area contributed by atoms with Crippen LogP contribution in [0.25, 0.3) is 0 Å². The van der Waals surface area contributed by atoms with Crippen molar-refractivity contribution in [1.82, 2.24) is 5.32 Å². The number of nitrogens with one attached hydrogen (secondary N) is 1. The number of amides is 1. The fraction of sp³-hybridized carbons (Fsp3) is 0.429. The Kier molecular flexibility index (Phi) is 3.65. The molecule has 1 aromatic rings. The van der Waals surface area contributed by atoms with Crippen molar-refractivity contribution in [2.45, 2.75) is 31.7 Å². The molecule has 0 spiro atoms. The van der Waals surface area contributed by atoms with Crippen molar-refractivity contribution in [1.29, 1.82) is 0 Å². The summed E-state index contributed by atoms with van der Waals surface area (Å²) in [6.45, 7) is 1.48. The van der Waals surface area contributed by atoms with Crippen LogP contribution in [0.3, 0.4) is 0 Å². The highest BCUT2D eigenvalue weighted by Crippen LogP contribution is 2.42. The maximum absolute atomic E-state index is 12.2. The average molecular weight is 247 g/mol. The van der Waals surface area contributed by atoms with Crippen molar-refractivity contribution >= 4 is 11.9 Å². The second-order valence-electron chi connectivity index (χ2n) is 4.79. The predicted octanol–water partition coefficient (Wildman–Crippen LogP) is 1.77. The van der Waals surface area contributed by atoms with E-state index in [9.17, 15) is 9.59 Å². The van der Waals surface area contributed by atoms with Crippen LogP contribution in [0.2, 0.25) is 0 Å². The van der Waals surface area contributed by atoms with E-state index in [2.05, 4.69) is 5.32 Å². The molecule has 1 fully saturated rings. The van der Waals surface area contributed by atoms with Crippen LogP contribution in [-0.2, 0) is 9.59 Å². The first-order chi connectivity index (χ1) is 8.59. The van der Waals surface area contributed by atoms with Gasteiger partial charge in [0.25, 0.3) is 0 Å². The molecule has 1 saturated carbocycles. The van der Waals surface area contributed by atoms with Crippen molar-refractivity contribution in [3.63, 3.8) is 0 Å². The second-order valence-corrected chi connectivity index (χ2v) is 4.79. The molecule has 0 heterocycles. The van der Waals surface area contributed by atoms with E-state index in [0.717, 1.165) is 18.4 Å². The number of benzene rings is 1. The molecule has 96 valence electrons. The molecule has 2 N–H and O–H groups in total. The first-order valence-corrected chi connectivity index (χ1v) is 6.17. The second kappa shape index (κ2) is 5.21. The summed E-state index contributed by atoms with van der Waals surface area (Å²) in [5.41, 5.74) is 0.968. The maximum Gasteiger partial charge on any atom is 0.325 e. The zero-order valence-electron chi connectivity index (χ0n) is 10.3. The lowest BCUT2D eigenvalue weighted by molar-refractivity contribution is -0.141. The molecule has 4 nitrogen and oxygen atoms in total. The summed E-state index contributed by atoms with van der Waals surface area (Å²) >= 11 is 0. The molecule has 2 atom stereocenters. The highest BCUT2D eigenvalue weighted by atomic mass is 16.4. The number of hydrogen-bond acceptors (Lipinski definition) is 2. The van der Waals surface area contributed by atoms with Gasteiger partial charge in [0.15, 0.2) is 0 Å². The predicted molar refractivity (Wildman–Crippen MR) is 67.1 cm³/mol. The van der Waals surface area contributed by atoms with Gasteiger partial charge in [0.2, 0.25) is 5.91 Å². The number of aliphatic carboxylic acids is 1. The Morgan fingerprint density at radius 3 is 2.39 bits per heavy atom. The minimum Gasteiger partial charge on any atom is -0.480 e. The molecule has 0 saturated heterocycles. The molecule has 4 heteroatoms. The van der Waals surface area contributed by atoms with E-state index in [1.54, 1.807) is 0 Å². The Balaban J connectivity index is 2.11. The maximum atomic E-state index is 12.2. The molecule has 1 aliphatic carbocycles. The monoisotopic (exact) mass is 247 g/mol. The third kappa shape index (κ3) is 2.88. The number of carboxylic acid groups (broad SMARTS) is 1. The van der Waals surface area contributed by atoms with Gasteiger partial charge in [0, 0.05) is 0 Å². The Hall–Kier alpha value is -1.84. The Labute approximate surface area is 106 Å². The standard InChI is InChI=1S/C14H17NO3/c1-9(14(17)18)15-13(16)12(11-7-8-11)10-5-3-2-4-6-10/h2-6,9,11-12H,7-8H2,1H3,(H,15,16)(H,17,18)/t9-,12?/m0/s1. The van der Waals surface area contributed by atoms with Gasteiger partial charge in [-0.15, -0.1) is 0 Å². The first kappa shape index (κ1) is 12.6. The Morgan fingerprint density at radius 2 is 1.89 bits per heavy atom. The van der Waals surface area contributed by atoms with Crippen molar-refractivity contribution in [3.8, 4) is 0 Å². The minimum absolute atomic E-state index is 0.182. The van der Waals surface area contributed by atoms with E-state index in [0.29, 0.717) is 5.92 Å². The van der Waals surface area contributed by atoms with Crippen LogP contribution >= 0.6 is 0 Å². The molecule has 1 aromatic carbocycles. The summed E-state index contributed by atoms with van der Waals surface area (Å²) in [5, 5.41) is 11.4. The first-order valence-electron chi connectivity index (χ1n) is 6.17. The van der Waals surface area contributed by atoms with Crippen LogP contribution in [0, 0.1) is 5.92 Å². The molecule has 0 radical (unpaired) electrons. The van der Waals surface area contributed by atoms with E-state index >= 15 is 0 Å². The van der Waals surface area contributed by atoms with Gasteiger partial charge >= 0.3 is 5.97 Å². The molecule has 2 rings (SSSR count). The van der Waals surface area contributed by atoms with E-state index < -0.39 is 12.0 Å². The summed E-state index contributed by atoms with van der Waals surface area (Å²) in [6.07, 6.45) is 2.07. The van der Waals surface area contributed by atoms with Crippen molar-refractivity contribution in [2.24, 2.45) is 5.92 Å². The van der Waals surface area contributed by atoms with Gasteiger partial charge in [-0.1, -0.05) is 30.3 Å². The van der Waals surface area contributed by atoms with E-state index in [1.807, 2.05) is 30.3 Å². The third-order valence-corrected chi connectivity index (χ3v) is 3.26. The fourth-order valence-electron chi connectivity index (χ4n) is 2.09. The van der Waals surface area contributed by atoms with E-state index in [1.165, 1.54) is 6.92 Å². The number of carbonyl (C=O) groups excluding carboxylic acids is 1. The summed E-state index contributed by atoms with van der Waals surface area (Å²) in [6, 6.07) is 8.72. The zero-order chi connectivity index (χ0) is 13.1. The molecule has 1 unspecified atom stereocenters. The molecule has 0 bridgehead atoms. The number of rotatable bonds is 5. The summed E-state index contributed by atoms with van der Waals surface area (Å²) in [7, 11) is 0. The normalized spacial score (nSPS) is 17.8. The molecule has 1 aliphatic rings. The summed E-state index contributed by atoms with van der Waals surface area (Å²) in [5.74, 6) is -1.05. The van der Waals surface area contributed by atoms with Gasteiger partial charge in [-0.2, -0.15) is 0 Å². The largest absolute Gasteiger partial charge is 0.480 e. The summed E-state index contributed by atoms with van der Waals surface area (Å²) < 4.78 is 0. The van der Waals surface area contributed by atoms with Crippen molar-refractivity contribution in [2.75, 3.05) is 0 Å². The molecule has 1 amide bonds.